The molecule has 2 fully saturated rings. The van der Waals surface area contributed by atoms with E-state index in [-0.39, 0.29) is 17.7 Å². The number of aromatic nitrogens is 1. The first kappa shape index (κ1) is 20.9. The third kappa shape index (κ3) is 3.83. The summed E-state index contributed by atoms with van der Waals surface area (Å²) in [6, 6.07) is 2.92. The summed E-state index contributed by atoms with van der Waals surface area (Å²) < 4.78 is 42.6. The minimum Gasteiger partial charge on any atom is -0.465 e. The van der Waals surface area contributed by atoms with Crippen LogP contribution < -0.4 is 9.64 Å². The Morgan fingerprint density at radius 1 is 1.14 bits per heavy atom. The van der Waals surface area contributed by atoms with Crippen molar-refractivity contribution in [2.75, 3.05) is 11.4 Å². The van der Waals surface area contributed by atoms with Crippen LogP contribution in [0.15, 0.2) is 18.3 Å². The lowest BCUT2D eigenvalue weighted by Crippen LogP contribution is -2.46. The van der Waals surface area contributed by atoms with E-state index in [2.05, 4.69) is 4.98 Å². The molecule has 1 aromatic heterocycles. The molecule has 1 aliphatic carbocycles. The molecule has 0 aromatic carbocycles. The highest BCUT2D eigenvalue weighted by molar-refractivity contribution is 5.99. The summed E-state index contributed by atoms with van der Waals surface area (Å²) in [5.74, 6) is 0.0281. The molecule has 8 heteroatoms. The predicted octanol–water partition coefficient (Wildman–Crippen LogP) is 4.10. The molecule has 0 radical (unpaired) electrons. The first-order valence-corrected chi connectivity index (χ1v) is 9.71. The Morgan fingerprint density at radius 2 is 1.79 bits per heavy atom. The van der Waals surface area contributed by atoms with E-state index in [0.29, 0.717) is 44.3 Å². The van der Waals surface area contributed by atoms with Gasteiger partial charge < -0.3 is 14.7 Å². The van der Waals surface area contributed by atoms with Crippen LogP contribution in [0.2, 0.25) is 0 Å². The summed E-state index contributed by atoms with van der Waals surface area (Å²) in [5, 5.41) is 10.7. The number of halogens is 3. The average Bonchev–Trinajstić information content (AvgIpc) is 2.94. The van der Waals surface area contributed by atoms with Crippen molar-refractivity contribution >= 4 is 11.6 Å². The molecule has 1 aromatic rings. The van der Waals surface area contributed by atoms with Gasteiger partial charge in [-0.25, -0.2) is 4.98 Å². The second-order valence-corrected chi connectivity index (χ2v) is 8.40. The van der Waals surface area contributed by atoms with Crippen LogP contribution in [0.3, 0.4) is 0 Å². The van der Waals surface area contributed by atoms with Crippen LogP contribution in [0.1, 0.15) is 52.9 Å². The van der Waals surface area contributed by atoms with Gasteiger partial charge >= 0.3 is 6.18 Å². The molecule has 0 bridgehead atoms. The fraction of sp³-hybridized carbons (Fsp3) is 0.700. The molecule has 1 N–H and O–H groups in total. The van der Waals surface area contributed by atoms with Gasteiger partial charge in [-0.2, -0.15) is 13.2 Å². The number of hydrogen-bond acceptors (Lipinski definition) is 4. The quantitative estimate of drug-likeness (QED) is 0.827. The molecule has 1 saturated heterocycles. The molecule has 2 aliphatic rings. The number of nitrogens with zero attached hydrogens (tertiary/aromatic N) is 2. The monoisotopic (exact) mass is 400 g/mol. The highest BCUT2D eigenvalue weighted by atomic mass is 19.4. The maximum Gasteiger partial charge on any atom is 0.425 e. The molecular formula is C20H27F3N2O3. The van der Waals surface area contributed by atoms with E-state index in [9.17, 15) is 23.1 Å². The van der Waals surface area contributed by atoms with Crippen molar-refractivity contribution in [1.82, 2.24) is 4.98 Å². The van der Waals surface area contributed by atoms with Crippen LogP contribution in [-0.4, -0.2) is 40.4 Å². The molecule has 0 unspecified atom stereocenters. The fourth-order valence-electron chi connectivity index (χ4n) is 4.12. The number of carbonyl (C=O) groups is 1. The van der Waals surface area contributed by atoms with Crippen molar-refractivity contribution in [2.24, 2.45) is 11.3 Å². The summed E-state index contributed by atoms with van der Waals surface area (Å²) in [7, 11) is 0. The highest BCUT2D eigenvalue weighted by Crippen LogP contribution is 2.50. The average molecular weight is 400 g/mol. The lowest BCUT2D eigenvalue weighted by molar-refractivity contribution is -0.189. The molecule has 1 spiro atoms. The lowest BCUT2D eigenvalue weighted by atomic mass is 9.65. The van der Waals surface area contributed by atoms with Gasteiger partial charge in [0.15, 0.2) is 6.10 Å². The molecule has 1 saturated carbocycles. The van der Waals surface area contributed by atoms with Crippen molar-refractivity contribution < 1.29 is 27.8 Å². The predicted molar refractivity (Wildman–Crippen MR) is 98.0 cm³/mol. The van der Waals surface area contributed by atoms with E-state index >= 15 is 0 Å². The van der Waals surface area contributed by atoms with E-state index in [4.69, 9.17) is 4.74 Å². The Kier molecular flexibility index (Phi) is 5.38. The molecule has 1 aliphatic heterocycles. The van der Waals surface area contributed by atoms with Crippen molar-refractivity contribution in [2.45, 2.75) is 70.8 Å². The van der Waals surface area contributed by atoms with Crippen molar-refractivity contribution in [1.29, 1.82) is 0 Å². The topological polar surface area (TPSA) is 62.7 Å². The van der Waals surface area contributed by atoms with Crippen LogP contribution >= 0.6 is 0 Å². The summed E-state index contributed by atoms with van der Waals surface area (Å²) >= 11 is 0. The van der Waals surface area contributed by atoms with Gasteiger partial charge in [0, 0.05) is 12.6 Å². The number of pyridine rings is 1. The second-order valence-electron chi connectivity index (χ2n) is 8.40. The molecule has 5 nitrogen and oxygen atoms in total. The Morgan fingerprint density at radius 3 is 2.29 bits per heavy atom. The second kappa shape index (κ2) is 7.21. The summed E-state index contributed by atoms with van der Waals surface area (Å²) in [6.45, 7) is 5.45. The van der Waals surface area contributed by atoms with E-state index in [1.807, 2.05) is 13.8 Å². The van der Waals surface area contributed by atoms with Crippen molar-refractivity contribution in [3.8, 4) is 5.88 Å². The number of anilines is 1. The van der Waals surface area contributed by atoms with Gasteiger partial charge in [-0.3, -0.25) is 4.79 Å². The molecule has 1 atom stereocenters. The maximum absolute atomic E-state index is 13.1. The molecule has 1 amide bonds. The van der Waals surface area contributed by atoms with Gasteiger partial charge in [-0.15, -0.1) is 0 Å². The molecule has 3 rings (SSSR count). The Hall–Kier alpha value is -1.83. The first-order valence-electron chi connectivity index (χ1n) is 9.71. The van der Waals surface area contributed by atoms with Crippen LogP contribution in [-0.2, 0) is 4.79 Å². The van der Waals surface area contributed by atoms with E-state index < -0.39 is 23.3 Å². The van der Waals surface area contributed by atoms with Gasteiger partial charge in [-0.05, 0) is 51.0 Å². The minimum atomic E-state index is -4.46. The summed E-state index contributed by atoms with van der Waals surface area (Å²) in [4.78, 5) is 18.7. The van der Waals surface area contributed by atoms with Crippen LogP contribution in [0.5, 0.6) is 5.88 Å². The number of alkyl halides is 3. The minimum absolute atomic E-state index is 0.0115. The molecule has 28 heavy (non-hydrogen) atoms. The van der Waals surface area contributed by atoms with Crippen molar-refractivity contribution in [3.05, 3.63) is 18.3 Å². The Labute approximate surface area is 162 Å². The fourth-order valence-corrected chi connectivity index (χ4v) is 4.12. The Bertz CT molecular complexity index is 710. The third-order valence-electron chi connectivity index (χ3n) is 6.45. The molecule has 2 heterocycles. The highest BCUT2D eigenvalue weighted by Gasteiger charge is 2.52. The van der Waals surface area contributed by atoms with E-state index in [1.165, 1.54) is 12.3 Å². The molecular weight excluding hydrogens is 373 g/mol. The zero-order chi connectivity index (χ0) is 20.7. The van der Waals surface area contributed by atoms with Gasteiger partial charge in [0.2, 0.25) is 11.8 Å². The lowest BCUT2D eigenvalue weighted by Gasteiger charge is -2.43. The van der Waals surface area contributed by atoms with Gasteiger partial charge in [0.05, 0.1) is 22.9 Å². The smallest absolute Gasteiger partial charge is 0.425 e. The van der Waals surface area contributed by atoms with Crippen LogP contribution in [0.4, 0.5) is 18.9 Å². The normalized spacial score (nSPS) is 29.6. The molecule has 156 valence electrons. The van der Waals surface area contributed by atoms with Gasteiger partial charge in [-0.1, -0.05) is 13.8 Å². The SMILES string of the molecule is CC(C)[C@]1(O)CC[C@]2(CCN(c3ccc(O[C@H](C)C(F)(F)F)nc3)C2=O)CC1. The maximum atomic E-state index is 13.1. The van der Waals surface area contributed by atoms with Crippen molar-refractivity contribution in [3.63, 3.8) is 0 Å². The third-order valence-corrected chi connectivity index (χ3v) is 6.45. The zero-order valence-electron chi connectivity index (χ0n) is 16.4. The van der Waals surface area contributed by atoms with Crippen LogP contribution in [0, 0.1) is 11.3 Å². The standard InChI is InChI=1S/C20H27F3N2O3/c1-13(2)19(27)8-6-18(7-9-19)10-11-25(17(18)26)15-4-5-16(24-12-15)28-14(3)20(21,22)23/h4-5,12-14,27H,6-11H2,1-3H3/t14-,18-,19+/m1/s1. The van der Waals surface area contributed by atoms with Gasteiger partial charge in [0.25, 0.3) is 0 Å². The zero-order valence-corrected chi connectivity index (χ0v) is 16.4. The Balaban J connectivity index is 1.67. The van der Waals surface area contributed by atoms with Gasteiger partial charge in [0.1, 0.15) is 0 Å². The van der Waals surface area contributed by atoms with E-state index in [1.54, 1.807) is 11.0 Å². The number of rotatable bonds is 4. The number of hydrogen-bond donors (Lipinski definition) is 1. The van der Waals surface area contributed by atoms with Crippen LogP contribution in [0.25, 0.3) is 0 Å². The number of amides is 1. The number of aliphatic hydroxyl groups is 1. The summed E-state index contributed by atoms with van der Waals surface area (Å²) in [6.07, 6.45) is -1.83. The largest absolute Gasteiger partial charge is 0.465 e. The number of carbonyl (C=O) groups excluding carboxylic acids is 1. The first-order chi connectivity index (χ1) is 13.0. The summed E-state index contributed by atoms with van der Waals surface area (Å²) in [5.41, 5.74) is -0.617. The number of ether oxygens (including phenoxy) is 1. The van der Waals surface area contributed by atoms with E-state index in [0.717, 1.165) is 6.92 Å².